The van der Waals surface area contributed by atoms with Crippen LogP contribution in [0, 0.1) is 3.80 Å². The second-order valence-corrected chi connectivity index (χ2v) is 4.65. The second-order valence-electron chi connectivity index (χ2n) is 3.63. The Labute approximate surface area is 106 Å². The van der Waals surface area contributed by atoms with Crippen molar-refractivity contribution in [3.63, 3.8) is 0 Å². The van der Waals surface area contributed by atoms with Gasteiger partial charge in [0.15, 0.2) is 0 Å². The number of imidazole rings is 1. The fourth-order valence-electron chi connectivity index (χ4n) is 1.58. The first-order valence-corrected chi connectivity index (χ1v) is 6.14. The Morgan fingerprint density at radius 3 is 2.75 bits per heavy atom. The van der Waals surface area contributed by atoms with Crippen molar-refractivity contribution < 1.29 is 24.1 Å². The summed E-state index contributed by atoms with van der Waals surface area (Å²) in [6.45, 7) is 0.872. The van der Waals surface area contributed by atoms with Gasteiger partial charge in [0.1, 0.15) is 0 Å². The van der Waals surface area contributed by atoms with E-state index in [9.17, 15) is 0 Å². The molecule has 88 valence electrons. The molecule has 0 aliphatic carbocycles. The molecule has 16 heavy (non-hydrogen) atoms. The van der Waals surface area contributed by atoms with Crippen molar-refractivity contribution >= 4 is 0 Å². The van der Waals surface area contributed by atoms with Gasteiger partial charge in [0.2, 0.25) is 0 Å². The van der Waals surface area contributed by atoms with E-state index >= 15 is 0 Å². The van der Waals surface area contributed by atoms with Gasteiger partial charge in [0.05, 0.1) is 0 Å². The van der Waals surface area contributed by atoms with Crippen LogP contribution in [-0.2, 0) is 32.9 Å². The summed E-state index contributed by atoms with van der Waals surface area (Å²) in [5.41, 5.74) is 1.24. The molecule has 0 radical (unpaired) electrons. The number of rotatable bonds is 3. The molecule has 1 aromatic heterocycles. The first kappa shape index (κ1) is 11.4. The van der Waals surface area contributed by atoms with Crippen molar-refractivity contribution in [1.82, 2.24) is 9.13 Å². The van der Waals surface area contributed by atoms with Crippen LogP contribution in [0.3, 0.4) is 0 Å². The Hall–Kier alpha value is -1.08. The average molecular weight is 397 g/mol. The molecule has 3 nitrogen and oxygen atoms in total. The fraction of sp³-hybridized carbons (Fsp3) is 0.250. The van der Waals surface area contributed by atoms with Crippen LogP contribution in [0.4, 0.5) is 0 Å². The topological polar surface area (TPSA) is 19.1 Å². The molecule has 0 N–H and O–H groups in total. The molecular formula is C12H14N2OPt. The van der Waals surface area contributed by atoms with Crippen LogP contribution in [0.25, 0.3) is 0 Å². The molecule has 0 aliphatic heterocycles. The number of aryl methyl sites for hydroxylation is 1. The van der Waals surface area contributed by atoms with E-state index in [-0.39, 0.29) is 0 Å². The number of hydrogen-bond acceptors (Lipinski definition) is 1. The first-order valence-electron chi connectivity index (χ1n) is 5.01. The van der Waals surface area contributed by atoms with Gasteiger partial charge < -0.3 is 0 Å². The Morgan fingerprint density at radius 2 is 2.12 bits per heavy atom. The number of nitrogens with zero attached hydrogens (tertiary/aromatic N) is 2. The van der Waals surface area contributed by atoms with Gasteiger partial charge in [-0.05, 0) is 0 Å². The van der Waals surface area contributed by atoms with Gasteiger partial charge in [0.25, 0.3) is 0 Å². The van der Waals surface area contributed by atoms with Crippen molar-refractivity contribution in [1.29, 1.82) is 0 Å². The molecule has 0 atom stereocenters. The molecule has 0 fully saturated rings. The van der Waals surface area contributed by atoms with Crippen molar-refractivity contribution in [3.8, 4) is 5.75 Å². The molecule has 0 spiro atoms. The van der Waals surface area contributed by atoms with E-state index in [1.165, 1.54) is 9.37 Å². The molecule has 0 saturated carbocycles. The quantitative estimate of drug-likeness (QED) is 0.775. The normalized spacial score (nSPS) is 10.5. The molecule has 0 amide bonds. The zero-order valence-corrected chi connectivity index (χ0v) is 11.6. The number of methoxy groups -OCH3 is 1. The summed E-state index contributed by atoms with van der Waals surface area (Å²) in [4.78, 5) is 0. The van der Waals surface area contributed by atoms with Crippen LogP contribution < -0.4 is 4.74 Å². The first-order chi connectivity index (χ1) is 7.70. The van der Waals surface area contributed by atoms with E-state index in [0.29, 0.717) is 0 Å². The van der Waals surface area contributed by atoms with Crippen molar-refractivity contribution in [3.05, 3.63) is 46.0 Å². The van der Waals surface area contributed by atoms with Gasteiger partial charge >= 0.3 is 106 Å². The fourth-order valence-corrected chi connectivity index (χ4v) is 2.10. The minimum atomic E-state index is 0.872. The van der Waals surface area contributed by atoms with Gasteiger partial charge in [-0.3, -0.25) is 0 Å². The molecule has 1 heterocycles. The number of ether oxygens (including phenoxy) is 1. The molecule has 0 bridgehead atoms. The third-order valence-electron chi connectivity index (χ3n) is 2.45. The molecule has 0 saturated heterocycles. The summed E-state index contributed by atoms with van der Waals surface area (Å²) >= 11 is 2.32. The molecular weight excluding hydrogens is 383 g/mol. The third-order valence-corrected chi connectivity index (χ3v) is 3.90. The van der Waals surface area contributed by atoms with E-state index in [1.54, 1.807) is 7.11 Å². The van der Waals surface area contributed by atoms with E-state index in [1.807, 2.05) is 19.2 Å². The number of hydrogen-bond donors (Lipinski definition) is 0. The van der Waals surface area contributed by atoms with Gasteiger partial charge in [-0.25, -0.2) is 0 Å². The minimum absolute atomic E-state index is 0.872. The van der Waals surface area contributed by atoms with Gasteiger partial charge in [0, 0.05) is 0 Å². The SMILES string of the molecule is COc1cccc(Cn2ccn(C)[c]2=[Pt])c1. The maximum atomic E-state index is 5.21. The van der Waals surface area contributed by atoms with Crippen molar-refractivity contribution in [2.45, 2.75) is 6.54 Å². The number of aromatic nitrogens is 2. The van der Waals surface area contributed by atoms with E-state index in [0.717, 1.165) is 12.3 Å². The van der Waals surface area contributed by atoms with Crippen LogP contribution in [0.2, 0.25) is 0 Å². The Balaban J connectivity index is 2.27. The summed E-state index contributed by atoms with van der Waals surface area (Å²) in [6.07, 6.45) is 4.14. The molecule has 0 unspecified atom stereocenters. The zero-order valence-electron chi connectivity index (χ0n) is 9.29. The van der Waals surface area contributed by atoms with Gasteiger partial charge in [-0.2, -0.15) is 0 Å². The zero-order chi connectivity index (χ0) is 11.5. The molecule has 1 aromatic carbocycles. The summed E-state index contributed by atoms with van der Waals surface area (Å²) in [6, 6.07) is 8.16. The molecule has 2 rings (SSSR count). The van der Waals surface area contributed by atoms with E-state index in [4.69, 9.17) is 4.74 Å². The van der Waals surface area contributed by atoms with E-state index < -0.39 is 0 Å². The standard InChI is InChI=1S/C12H14N2O.Pt/c1-13-6-7-14(10-13)9-11-4-3-5-12(8-11)15-2;/h3-8H,9H2,1-2H3;. The Morgan fingerprint density at radius 1 is 1.31 bits per heavy atom. The molecule has 0 aliphatic rings. The monoisotopic (exact) mass is 397 g/mol. The maximum absolute atomic E-state index is 5.21. The summed E-state index contributed by atoms with van der Waals surface area (Å²) in [5.74, 6) is 0.907. The van der Waals surface area contributed by atoms with Crippen LogP contribution in [-0.4, -0.2) is 16.2 Å². The predicted molar refractivity (Wildman–Crippen MR) is 58.7 cm³/mol. The van der Waals surface area contributed by atoms with Gasteiger partial charge in [-0.1, -0.05) is 0 Å². The van der Waals surface area contributed by atoms with Crippen LogP contribution in [0.1, 0.15) is 5.56 Å². The van der Waals surface area contributed by atoms with Crippen LogP contribution >= 0.6 is 0 Å². The average Bonchev–Trinajstić information content (AvgIpc) is 2.61. The van der Waals surface area contributed by atoms with Crippen LogP contribution in [0.15, 0.2) is 36.7 Å². The Kier molecular flexibility index (Phi) is 3.45. The molecule has 2 aromatic rings. The summed E-state index contributed by atoms with van der Waals surface area (Å²) in [7, 11) is 3.74. The van der Waals surface area contributed by atoms with Crippen molar-refractivity contribution in [2.24, 2.45) is 7.05 Å². The van der Waals surface area contributed by atoms with Crippen LogP contribution in [0.5, 0.6) is 5.75 Å². The summed E-state index contributed by atoms with van der Waals surface area (Å²) in [5, 5.41) is 0. The molecule has 4 heteroatoms. The summed E-state index contributed by atoms with van der Waals surface area (Å²) < 4.78 is 10.7. The Bertz CT molecular complexity index is 542. The third kappa shape index (κ3) is 2.35. The second kappa shape index (κ2) is 4.83. The predicted octanol–water partition coefficient (Wildman–Crippen LogP) is 1.96. The van der Waals surface area contributed by atoms with Crippen molar-refractivity contribution in [2.75, 3.05) is 7.11 Å². The number of benzene rings is 1. The van der Waals surface area contributed by atoms with Gasteiger partial charge in [-0.15, -0.1) is 0 Å². The van der Waals surface area contributed by atoms with E-state index in [2.05, 4.69) is 53.0 Å².